The lowest BCUT2D eigenvalue weighted by Crippen LogP contribution is -2.51. The Labute approximate surface area is 136 Å². The predicted octanol–water partition coefficient (Wildman–Crippen LogP) is 1.31. The number of piperidine rings is 1. The third-order valence-electron chi connectivity index (χ3n) is 4.37. The van der Waals surface area contributed by atoms with Crippen molar-refractivity contribution in [2.45, 2.75) is 44.2 Å². The number of hydrogen-bond donors (Lipinski definition) is 2. The lowest BCUT2D eigenvalue weighted by Gasteiger charge is -2.33. The molecule has 2 saturated heterocycles. The molecule has 3 heterocycles. The molecule has 2 amide bonds. The Balaban J connectivity index is 1.39. The van der Waals surface area contributed by atoms with Crippen LogP contribution in [0, 0.1) is 0 Å². The Morgan fingerprint density at radius 2 is 2.17 bits per heavy atom. The molecule has 23 heavy (non-hydrogen) atoms. The molecular formula is C16H25N5O2. The Hall–Kier alpha value is -1.89. The van der Waals surface area contributed by atoms with Gasteiger partial charge in [0.1, 0.15) is 0 Å². The molecule has 1 aromatic heterocycles. The monoisotopic (exact) mass is 319 g/mol. The number of hydrogen-bond acceptors (Lipinski definition) is 5. The number of anilines is 1. The molecule has 7 nitrogen and oxygen atoms in total. The standard InChI is InChI=1S/C16H25N5O2/c22-16(19-9-6-14-5-2-11-23-14)20-13-4-1-10-21(12-13)15-17-7-3-8-18-15/h3,7-8,13-14H,1-2,4-6,9-12H2,(H2,19,20,22)/t13-,14+/m1/s1. The quantitative estimate of drug-likeness (QED) is 0.855. The number of rotatable bonds is 5. The Kier molecular flexibility index (Phi) is 5.63. The average Bonchev–Trinajstić information content (AvgIpc) is 3.09. The van der Waals surface area contributed by atoms with Crippen LogP contribution in [-0.2, 0) is 4.74 Å². The van der Waals surface area contributed by atoms with Gasteiger partial charge in [-0.2, -0.15) is 0 Å². The number of nitrogens with one attached hydrogen (secondary N) is 2. The minimum Gasteiger partial charge on any atom is -0.378 e. The summed E-state index contributed by atoms with van der Waals surface area (Å²) < 4.78 is 5.56. The van der Waals surface area contributed by atoms with Crippen molar-refractivity contribution in [2.75, 3.05) is 31.1 Å². The number of amides is 2. The van der Waals surface area contributed by atoms with Crippen LogP contribution in [0.2, 0.25) is 0 Å². The number of carbonyl (C=O) groups excluding carboxylic acids is 1. The van der Waals surface area contributed by atoms with Crippen molar-refractivity contribution < 1.29 is 9.53 Å². The van der Waals surface area contributed by atoms with E-state index in [0.717, 1.165) is 57.7 Å². The van der Waals surface area contributed by atoms with Crippen LogP contribution in [0.1, 0.15) is 32.1 Å². The molecule has 0 aromatic carbocycles. The molecule has 0 saturated carbocycles. The topological polar surface area (TPSA) is 79.4 Å². The molecule has 2 aliphatic rings. The van der Waals surface area contributed by atoms with E-state index in [2.05, 4.69) is 25.5 Å². The van der Waals surface area contributed by atoms with Gasteiger partial charge in [-0.15, -0.1) is 0 Å². The van der Waals surface area contributed by atoms with Gasteiger partial charge < -0.3 is 20.3 Å². The molecular weight excluding hydrogens is 294 g/mol. The molecule has 0 radical (unpaired) electrons. The van der Waals surface area contributed by atoms with Crippen molar-refractivity contribution in [3.63, 3.8) is 0 Å². The predicted molar refractivity (Wildman–Crippen MR) is 87.4 cm³/mol. The minimum absolute atomic E-state index is 0.0937. The lowest BCUT2D eigenvalue weighted by molar-refractivity contribution is 0.104. The molecule has 0 spiro atoms. The van der Waals surface area contributed by atoms with Gasteiger partial charge in [0.05, 0.1) is 6.10 Å². The van der Waals surface area contributed by atoms with Crippen molar-refractivity contribution in [3.05, 3.63) is 18.5 Å². The fraction of sp³-hybridized carbons (Fsp3) is 0.688. The van der Waals surface area contributed by atoms with Gasteiger partial charge in [0, 0.05) is 44.7 Å². The van der Waals surface area contributed by atoms with E-state index < -0.39 is 0 Å². The van der Waals surface area contributed by atoms with Crippen LogP contribution in [0.4, 0.5) is 10.7 Å². The number of nitrogens with zero attached hydrogens (tertiary/aromatic N) is 3. The molecule has 2 N–H and O–H groups in total. The number of aromatic nitrogens is 2. The molecule has 126 valence electrons. The summed E-state index contributed by atoms with van der Waals surface area (Å²) in [5.41, 5.74) is 0. The van der Waals surface area contributed by atoms with Gasteiger partial charge in [-0.3, -0.25) is 0 Å². The molecule has 2 aliphatic heterocycles. The molecule has 2 fully saturated rings. The maximum atomic E-state index is 12.0. The lowest BCUT2D eigenvalue weighted by atomic mass is 10.1. The Morgan fingerprint density at radius 3 is 2.96 bits per heavy atom. The molecule has 0 unspecified atom stereocenters. The van der Waals surface area contributed by atoms with E-state index >= 15 is 0 Å². The number of ether oxygens (including phenoxy) is 1. The summed E-state index contributed by atoms with van der Waals surface area (Å²) in [5, 5.41) is 5.99. The molecule has 3 rings (SSSR count). The van der Waals surface area contributed by atoms with Crippen LogP contribution in [0.15, 0.2) is 18.5 Å². The van der Waals surface area contributed by atoms with Crippen molar-refractivity contribution >= 4 is 12.0 Å². The summed E-state index contributed by atoms with van der Waals surface area (Å²) in [6, 6.07) is 1.85. The summed E-state index contributed by atoms with van der Waals surface area (Å²) in [7, 11) is 0. The van der Waals surface area contributed by atoms with E-state index in [1.807, 2.05) is 6.07 Å². The van der Waals surface area contributed by atoms with Crippen LogP contribution in [0.3, 0.4) is 0 Å². The SMILES string of the molecule is O=C(NCC[C@@H]1CCCO1)N[C@@H]1CCCN(c2ncccn2)C1. The Bertz CT molecular complexity index is 493. The third kappa shape index (κ3) is 4.79. The first-order valence-corrected chi connectivity index (χ1v) is 8.49. The summed E-state index contributed by atoms with van der Waals surface area (Å²) in [5.74, 6) is 0.734. The zero-order valence-electron chi connectivity index (χ0n) is 13.4. The highest BCUT2D eigenvalue weighted by molar-refractivity contribution is 5.74. The maximum Gasteiger partial charge on any atom is 0.315 e. The molecule has 2 atom stereocenters. The number of carbonyl (C=O) groups is 1. The second-order valence-corrected chi connectivity index (χ2v) is 6.16. The van der Waals surface area contributed by atoms with Crippen LogP contribution in [0.25, 0.3) is 0 Å². The van der Waals surface area contributed by atoms with E-state index in [1.165, 1.54) is 0 Å². The number of urea groups is 1. The summed E-state index contributed by atoms with van der Waals surface area (Å²) in [6.07, 6.45) is 8.96. The van der Waals surface area contributed by atoms with Gasteiger partial charge in [0.2, 0.25) is 5.95 Å². The molecule has 7 heteroatoms. The largest absolute Gasteiger partial charge is 0.378 e. The zero-order valence-corrected chi connectivity index (χ0v) is 13.4. The van der Waals surface area contributed by atoms with Crippen LogP contribution in [0.5, 0.6) is 0 Å². The van der Waals surface area contributed by atoms with Gasteiger partial charge in [0.15, 0.2) is 0 Å². The van der Waals surface area contributed by atoms with Gasteiger partial charge in [0.25, 0.3) is 0 Å². The second-order valence-electron chi connectivity index (χ2n) is 6.16. The molecule has 0 bridgehead atoms. The first-order valence-electron chi connectivity index (χ1n) is 8.49. The van der Waals surface area contributed by atoms with Gasteiger partial charge in [-0.25, -0.2) is 14.8 Å². The fourth-order valence-electron chi connectivity index (χ4n) is 3.19. The van der Waals surface area contributed by atoms with Crippen molar-refractivity contribution in [2.24, 2.45) is 0 Å². The normalized spacial score (nSPS) is 24.4. The third-order valence-corrected chi connectivity index (χ3v) is 4.37. The second kappa shape index (κ2) is 8.10. The first kappa shape index (κ1) is 16.0. The van der Waals surface area contributed by atoms with E-state index in [4.69, 9.17) is 4.74 Å². The summed E-state index contributed by atoms with van der Waals surface area (Å²) in [4.78, 5) is 22.7. The van der Waals surface area contributed by atoms with Gasteiger partial charge in [-0.1, -0.05) is 0 Å². The average molecular weight is 319 g/mol. The van der Waals surface area contributed by atoms with E-state index in [0.29, 0.717) is 12.6 Å². The van der Waals surface area contributed by atoms with Gasteiger partial charge in [-0.05, 0) is 38.2 Å². The van der Waals surface area contributed by atoms with Crippen LogP contribution >= 0.6 is 0 Å². The van der Waals surface area contributed by atoms with Crippen molar-refractivity contribution in [1.29, 1.82) is 0 Å². The highest BCUT2D eigenvalue weighted by Crippen LogP contribution is 2.16. The fourth-order valence-corrected chi connectivity index (χ4v) is 3.19. The maximum absolute atomic E-state index is 12.0. The highest BCUT2D eigenvalue weighted by atomic mass is 16.5. The van der Waals surface area contributed by atoms with Gasteiger partial charge >= 0.3 is 6.03 Å². The highest BCUT2D eigenvalue weighted by Gasteiger charge is 2.23. The van der Waals surface area contributed by atoms with Crippen molar-refractivity contribution in [1.82, 2.24) is 20.6 Å². The van der Waals surface area contributed by atoms with E-state index in [9.17, 15) is 4.79 Å². The van der Waals surface area contributed by atoms with Crippen molar-refractivity contribution in [3.8, 4) is 0 Å². The molecule has 0 aliphatic carbocycles. The zero-order chi connectivity index (χ0) is 15.9. The van der Waals surface area contributed by atoms with Crippen LogP contribution < -0.4 is 15.5 Å². The smallest absolute Gasteiger partial charge is 0.315 e. The van der Waals surface area contributed by atoms with E-state index in [1.54, 1.807) is 12.4 Å². The summed E-state index contributed by atoms with van der Waals surface area (Å²) in [6.45, 7) is 3.21. The Morgan fingerprint density at radius 1 is 1.30 bits per heavy atom. The summed E-state index contributed by atoms with van der Waals surface area (Å²) >= 11 is 0. The molecule has 1 aromatic rings. The minimum atomic E-state index is -0.0937. The van der Waals surface area contributed by atoms with E-state index in [-0.39, 0.29) is 12.1 Å². The van der Waals surface area contributed by atoms with Crippen LogP contribution in [-0.4, -0.2) is 54.4 Å². The first-order chi connectivity index (χ1) is 11.3.